The minimum Gasteiger partial charge on any atom is -0.478 e. The first-order valence-electron chi connectivity index (χ1n) is 5.72. The van der Waals surface area contributed by atoms with Gasteiger partial charge in [0.25, 0.3) is 0 Å². The molecule has 1 aromatic carbocycles. The highest BCUT2D eigenvalue weighted by Crippen LogP contribution is 2.25. The smallest absolute Gasteiger partial charge is 0.347 e. The third-order valence-electron chi connectivity index (χ3n) is 2.53. The van der Waals surface area contributed by atoms with Crippen LogP contribution in [0.2, 0.25) is 0 Å². The minimum absolute atomic E-state index is 0.195. The Morgan fingerprint density at radius 1 is 1.50 bits per heavy atom. The van der Waals surface area contributed by atoms with E-state index in [4.69, 9.17) is 9.47 Å². The standard InChI is InChI=1S/C14H15NO3/c1-3-9-17-14(16)10(2)18-13-6-4-5-12-11(13)7-8-15-12/h3-8,10,15H,1,9H2,2H3. The van der Waals surface area contributed by atoms with Crippen molar-refractivity contribution in [2.75, 3.05) is 6.61 Å². The largest absolute Gasteiger partial charge is 0.478 e. The molecule has 18 heavy (non-hydrogen) atoms. The van der Waals surface area contributed by atoms with Crippen LogP contribution in [0.15, 0.2) is 43.1 Å². The number of rotatable bonds is 5. The number of aromatic amines is 1. The van der Waals surface area contributed by atoms with Gasteiger partial charge in [-0.25, -0.2) is 4.79 Å². The number of fused-ring (bicyclic) bond motifs is 1. The fourth-order valence-electron chi connectivity index (χ4n) is 1.66. The number of nitrogens with one attached hydrogen (secondary N) is 1. The van der Waals surface area contributed by atoms with Gasteiger partial charge in [-0.05, 0) is 25.1 Å². The molecule has 1 heterocycles. The predicted octanol–water partition coefficient (Wildman–Crippen LogP) is 2.66. The van der Waals surface area contributed by atoms with E-state index in [0.29, 0.717) is 5.75 Å². The molecule has 4 nitrogen and oxygen atoms in total. The number of esters is 1. The van der Waals surface area contributed by atoms with Gasteiger partial charge in [0.2, 0.25) is 0 Å². The van der Waals surface area contributed by atoms with E-state index in [9.17, 15) is 4.79 Å². The zero-order chi connectivity index (χ0) is 13.0. The number of hydrogen-bond donors (Lipinski definition) is 1. The maximum absolute atomic E-state index is 11.6. The van der Waals surface area contributed by atoms with E-state index >= 15 is 0 Å². The normalized spacial score (nSPS) is 12.1. The van der Waals surface area contributed by atoms with Gasteiger partial charge in [-0.3, -0.25) is 0 Å². The average Bonchev–Trinajstić information content (AvgIpc) is 2.85. The molecule has 0 aliphatic heterocycles. The maximum atomic E-state index is 11.6. The molecule has 94 valence electrons. The molecule has 0 saturated carbocycles. The second kappa shape index (κ2) is 5.40. The maximum Gasteiger partial charge on any atom is 0.347 e. The highest BCUT2D eigenvalue weighted by atomic mass is 16.6. The summed E-state index contributed by atoms with van der Waals surface area (Å²) in [5, 5.41) is 0.945. The number of carbonyl (C=O) groups excluding carboxylic acids is 1. The number of H-pyrrole nitrogens is 1. The molecule has 0 radical (unpaired) electrons. The van der Waals surface area contributed by atoms with Crippen molar-refractivity contribution in [2.45, 2.75) is 13.0 Å². The molecule has 0 amide bonds. The van der Waals surface area contributed by atoms with E-state index in [1.54, 1.807) is 6.92 Å². The van der Waals surface area contributed by atoms with Gasteiger partial charge in [0.15, 0.2) is 6.10 Å². The minimum atomic E-state index is -0.648. The molecule has 2 rings (SSSR count). The molecular weight excluding hydrogens is 230 g/mol. The lowest BCUT2D eigenvalue weighted by Gasteiger charge is -2.14. The summed E-state index contributed by atoms with van der Waals surface area (Å²) in [7, 11) is 0. The Balaban J connectivity index is 2.11. The van der Waals surface area contributed by atoms with Crippen LogP contribution < -0.4 is 4.74 Å². The summed E-state index contributed by atoms with van der Waals surface area (Å²) in [6.45, 7) is 5.35. The van der Waals surface area contributed by atoms with Gasteiger partial charge in [0.1, 0.15) is 12.4 Å². The van der Waals surface area contributed by atoms with Gasteiger partial charge >= 0.3 is 5.97 Å². The summed E-state index contributed by atoms with van der Waals surface area (Å²) < 4.78 is 10.5. The summed E-state index contributed by atoms with van der Waals surface area (Å²) in [5.41, 5.74) is 0.971. The van der Waals surface area contributed by atoms with Crippen LogP contribution >= 0.6 is 0 Å². The Morgan fingerprint density at radius 3 is 3.11 bits per heavy atom. The van der Waals surface area contributed by atoms with Crippen LogP contribution in [0.3, 0.4) is 0 Å². The Hall–Kier alpha value is -2.23. The third-order valence-corrected chi connectivity index (χ3v) is 2.53. The van der Waals surface area contributed by atoms with E-state index in [1.165, 1.54) is 6.08 Å². The fourth-order valence-corrected chi connectivity index (χ4v) is 1.66. The van der Waals surface area contributed by atoms with Gasteiger partial charge in [-0.15, -0.1) is 0 Å². The second-order valence-corrected chi connectivity index (χ2v) is 3.87. The molecule has 2 aromatic rings. The summed E-state index contributed by atoms with van der Waals surface area (Å²) in [6, 6.07) is 7.55. The highest BCUT2D eigenvalue weighted by molar-refractivity contribution is 5.86. The van der Waals surface area contributed by atoms with Crippen LogP contribution in [0.1, 0.15) is 6.92 Å². The highest BCUT2D eigenvalue weighted by Gasteiger charge is 2.16. The Kier molecular flexibility index (Phi) is 3.67. The molecule has 1 atom stereocenters. The molecule has 1 N–H and O–H groups in total. The van der Waals surface area contributed by atoms with Crippen LogP contribution in [0.25, 0.3) is 10.9 Å². The summed E-state index contributed by atoms with van der Waals surface area (Å²) in [6.07, 6.45) is 2.71. The van der Waals surface area contributed by atoms with Crippen molar-refractivity contribution in [3.63, 3.8) is 0 Å². The molecule has 1 unspecified atom stereocenters. The summed E-state index contributed by atoms with van der Waals surface area (Å²) in [4.78, 5) is 14.7. The molecular formula is C14H15NO3. The topological polar surface area (TPSA) is 51.3 Å². The van der Waals surface area contributed by atoms with E-state index in [0.717, 1.165) is 10.9 Å². The zero-order valence-electron chi connectivity index (χ0n) is 10.2. The molecule has 0 bridgehead atoms. The zero-order valence-corrected chi connectivity index (χ0v) is 10.2. The monoisotopic (exact) mass is 245 g/mol. The van der Waals surface area contributed by atoms with E-state index < -0.39 is 12.1 Å². The van der Waals surface area contributed by atoms with Crippen molar-refractivity contribution < 1.29 is 14.3 Å². The van der Waals surface area contributed by atoms with E-state index in [1.807, 2.05) is 30.5 Å². The molecule has 1 aromatic heterocycles. The Morgan fingerprint density at radius 2 is 2.33 bits per heavy atom. The van der Waals surface area contributed by atoms with Crippen molar-refractivity contribution in [1.29, 1.82) is 0 Å². The lowest BCUT2D eigenvalue weighted by Crippen LogP contribution is -2.26. The lowest BCUT2D eigenvalue weighted by atomic mass is 10.2. The second-order valence-electron chi connectivity index (χ2n) is 3.87. The molecule has 0 fully saturated rings. The Bertz CT molecular complexity index is 559. The summed E-state index contributed by atoms with van der Waals surface area (Å²) >= 11 is 0. The van der Waals surface area contributed by atoms with Gasteiger partial charge in [0, 0.05) is 17.1 Å². The van der Waals surface area contributed by atoms with Crippen LogP contribution in [0.4, 0.5) is 0 Å². The molecule has 4 heteroatoms. The first kappa shape index (κ1) is 12.2. The molecule has 0 aliphatic rings. The lowest BCUT2D eigenvalue weighted by molar-refractivity contribution is -0.149. The molecule has 0 aliphatic carbocycles. The van der Waals surface area contributed by atoms with Crippen LogP contribution in [0.5, 0.6) is 5.75 Å². The molecule has 0 spiro atoms. The first-order valence-corrected chi connectivity index (χ1v) is 5.72. The van der Waals surface area contributed by atoms with Crippen LogP contribution in [-0.2, 0) is 9.53 Å². The Labute approximate surface area is 105 Å². The first-order chi connectivity index (χ1) is 8.72. The third kappa shape index (κ3) is 2.53. The SMILES string of the molecule is C=CCOC(=O)C(C)Oc1cccc2[nH]ccc12. The quantitative estimate of drug-likeness (QED) is 0.650. The van der Waals surface area contributed by atoms with Crippen molar-refractivity contribution >= 4 is 16.9 Å². The van der Waals surface area contributed by atoms with Crippen LogP contribution in [0, 0.1) is 0 Å². The van der Waals surface area contributed by atoms with Crippen molar-refractivity contribution in [2.24, 2.45) is 0 Å². The van der Waals surface area contributed by atoms with Gasteiger partial charge < -0.3 is 14.5 Å². The number of hydrogen-bond acceptors (Lipinski definition) is 3. The van der Waals surface area contributed by atoms with Crippen molar-refractivity contribution in [3.8, 4) is 5.75 Å². The van der Waals surface area contributed by atoms with Crippen molar-refractivity contribution in [3.05, 3.63) is 43.1 Å². The average molecular weight is 245 g/mol. The van der Waals surface area contributed by atoms with E-state index in [-0.39, 0.29) is 6.61 Å². The fraction of sp³-hybridized carbons (Fsp3) is 0.214. The number of ether oxygens (including phenoxy) is 2. The van der Waals surface area contributed by atoms with Crippen LogP contribution in [-0.4, -0.2) is 23.7 Å². The number of carbonyl (C=O) groups is 1. The summed E-state index contributed by atoms with van der Waals surface area (Å²) in [5.74, 6) is 0.263. The molecule has 0 saturated heterocycles. The predicted molar refractivity (Wildman–Crippen MR) is 69.5 cm³/mol. The van der Waals surface area contributed by atoms with E-state index in [2.05, 4.69) is 11.6 Å². The number of aromatic nitrogens is 1. The van der Waals surface area contributed by atoms with Crippen molar-refractivity contribution in [1.82, 2.24) is 4.98 Å². The van der Waals surface area contributed by atoms with Gasteiger partial charge in [0.05, 0.1) is 0 Å². The number of benzene rings is 1. The van der Waals surface area contributed by atoms with Gasteiger partial charge in [-0.1, -0.05) is 18.7 Å². The van der Waals surface area contributed by atoms with Gasteiger partial charge in [-0.2, -0.15) is 0 Å².